The fourth-order valence-corrected chi connectivity index (χ4v) is 3.78. The predicted molar refractivity (Wildman–Crippen MR) is 92.7 cm³/mol. The van der Waals surface area contributed by atoms with Gasteiger partial charge < -0.3 is 0 Å². The number of halogens is 3. The van der Waals surface area contributed by atoms with Gasteiger partial charge in [-0.2, -0.15) is 13.2 Å². The molecule has 0 atom stereocenters. The number of piperidine rings is 1. The summed E-state index contributed by atoms with van der Waals surface area (Å²) in [6, 6.07) is 15.8. The van der Waals surface area contributed by atoms with Gasteiger partial charge in [-0.05, 0) is 43.0 Å². The van der Waals surface area contributed by atoms with Crippen LogP contribution in [0.4, 0.5) is 18.9 Å². The summed E-state index contributed by atoms with van der Waals surface area (Å²) in [5.41, 5.74) is 2.62. The number of fused-ring (bicyclic) bond motifs is 1. The van der Waals surface area contributed by atoms with E-state index in [9.17, 15) is 13.2 Å². The van der Waals surface area contributed by atoms with Gasteiger partial charge in [0, 0.05) is 17.8 Å². The van der Waals surface area contributed by atoms with E-state index in [0.717, 1.165) is 42.8 Å². The molecule has 5 heteroatoms. The van der Waals surface area contributed by atoms with Crippen LogP contribution in [0.3, 0.4) is 0 Å². The topological polar surface area (TPSA) is 6.48 Å². The van der Waals surface area contributed by atoms with Gasteiger partial charge in [0.05, 0.1) is 17.8 Å². The zero-order valence-electron chi connectivity index (χ0n) is 13.8. The van der Waals surface area contributed by atoms with E-state index in [0.29, 0.717) is 12.1 Å². The molecule has 4 rings (SSSR count). The van der Waals surface area contributed by atoms with Crippen LogP contribution in [-0.2, 0) is 6.18 Å². The predicted octanol–water partition coefficient (Wildman–Crippen LogP) is 5.34. The molecule has 2 aliphatic rings. The molecule has 0 amide bonds. The number of hydrazine groups is 1. The van der Waals surface area contributed by atoms with Crippen LogP contribution in [0.2, 0.25) is 0 Å². The summed E-state index contributed by atoms with van der Waals surface area (Å²) in [7, 11) is 0. The molecule has 0 radical (unpaired) electrons. The molecule has 1 saturated heterocycles. The third-order valence-electron chi connectivity index (χ3n) is 4.90. The number of benzene rings is 2. The van der Waals surface area contributed by atoms with Gasteiger partial charge in [0.25, 0.3) is 0 Å². The quantitative estimate of drug-likeness (QED) is 0.726. The monoisotopic (exact) mass is 344 g/mol. The Bertz CT molecular complexity index is 796. The molecule has 130 valence electrons. The fraction of sp³-hybridized carbons (Fsp3) is 0.300. The zero-order chi connectivity index (χ0) is 17.4. The van der Waals surface area contributed by atoms with E-state index in [1.54, 1.807) is 12.1 Å². The first kappa shape index (κ1) is 16.1. The van der Waals surface area contributed by atoms with Crippen molar-refractivity contribution in [3.8, 4) is 0 Å². The molecule has 0 bridgehead atoms. The SMILES string of the molecule is FC(F)(F)c1ccccc1C1=C2CCCCN2N(c2ccccc2)C1. The zero-order valence-corrected chi connectivity index (χ0v) is 13.8. The lowest BCUT2D eigenvalue weighted by atomic mass is 9.95. The number of alkyl halides is 3. The Labute approximate surface area is 145 Å². The average molecular weight is 344 g/mol. The molecule has 2 aromatic carbocycles. The molecule has 2 nitrogen and oxygen atoms in total. The van der Waals surface area contributed by atoms with Crippen molar-refractivity contribution < 1.29 is 13.2 Å². The standard InChI is InChI=1S/C20H19F3N2/c21-20(22,23)18-11-5-4-10-16(18)17-14-25(15-8-2-1-3-9-15)24-13-7-6-12-19(17)24/h1-5,8-11H,6-7,12-14H2. The summed E-state index contributed by atoms with van der Waals surface area (Å²) in [5, 5.41) is 4.28. The maximum absolute atomic E-state index is 13.5. The Morgan fingerprint density at radius 3 is 2.28 bits per heavy atom. The lowest BCUT2D eigenvalue weighted by molar-refractivity contribution is -0.137. The number of rotatable bonds is 2. The van der Waals surface area contributed by atoms with E-state index in [2.05, 4.69) is 10.0 Å². The molecule has 0 aromatic heterocycles. The number of allylic oxidation sites excluding steroid dienone is 1. The second kappa shape index (κ2) is 6.14. The summed E-state index contributed by atoms with van der Waals surface area (Å²) in [5.74, 6) is 0. The maximum atomic E-state index is 13.5. The highest BCUT2D eigenvalue weighted by molar-refractivity contribution is 5.78. The van der Waals surface area contributed by atoms with E-state index in [1.165, 1.54) is 12.1 Å². The molecule has 0 unspecified atom stereocenters. The molecular formula is C20H19F3N2. The summed E-state index contributed by atoms with van der Waals surface area (Å²) in [6.45, 7) is 1.33. The number of anilines is 1. The van der Waals surface area contributed by atoms with Crippen LogP contribution in [0.1, 0.15) is 30.4 Å². The van der Waals surface area contributed by atoms with Crippen LogP contribution < -0.4 is 5.01 Å². The fourth-order valence-electron chi connectivity index (χ4n) is 3.78. The second-order valence-electron chi connectivity index (χ2n) is 6.44. The Morgan fingerprint density at radius 2 is 1.52 bits per heavy atom. The minimum absolute atomic E-state index is 0.315. The van der Waals surface area contributed by atoms with Crippen molar-refractivity contribution in [2.75, 3.05) is 18.1 Å². The number of para-hydroxylation sites is 1. The first-order valence-corrected chi connectivity index (χ1v) is 8.54. The van der Waals surface area contributed by atoms with Gasteiger partial charge >= 0.3 is 6.18 Å². The van der Waals surface area contributed by atoms with Crippen molar-refractivity contribution in [2.24, 2.45) is 0 Å². The van der Waals surface area contributed by atoms with Gasteiger partial charge in [0.2, 0.25) is 0 Å². The third-order valence-corrected chi connectivity index (χ3v) is 4.90. The molecule has 2 aromatic rings. The highest BCUT2D eigenvalue weighted by atomic mass is 19.4. The van der Waals surface area contributed by atoms with Crippen molar-refractivity contribution in [1.82, 2.24) is 5.01 Å². The summed E-state index contributed by atoms with van der Waals surface area (Å²) >= 11 is 0. The number of hydrogen-bond donors (Lipinski definition) is 0. The van der Waals surface area contributed by atoms with Gasteiger partial charge in [-0.3, -0.25) is 10.0 Å². The van der Waals surface area contributed by atoms with Crippen LogP contribution in [-0.4, -0.2) is 18.1 Å². The van der Waals surface area contributed by atoms with Crippen LogP contribution in [0, 0.1) is 0 Å². The third kappa shape index (κ3) is 2.88. The molecule has 2 heterocycles. The molecule has 0 N–H and O–H groups in total. The lowest BCUT2D eigenvalue weighted by Crippen LogP contribution is -2.39. The van der Waals surface area contributed by atoms with Crippen LogP contribution >= 0.6 is 0 Å². The van der Waals surface area contributed by atoms with E-state index in [4.69, 9.17) is 0 Å². The average Bonchev–Trinajstić information content (AvgIpc) is 3.01. The molecule has 0 saturated carbocycles. The highest BCUT2D eigenvalue weighted by Gasteiger charge is 2.38. The number of nitrogens with zero attached hydrogens (tertiary/aromatic N) is 2. The van der Waals surface area contributed by atoms with Crippen LogP contribution in [0.15, 0.2) is 60.3 Å². The van der Waals surface area contributed by atoms with Crippen molar-refractivity contribution in [1.29, 1.82) is 0 Å². The Morgan fingerprint density at radius 1 is 0.800 bits per heavy atom. The molecule has 0 aliphatic carbocycles. The minimum Gasteiger partial charge on any atom is -0.289 e. The van der Waals surface area contributed by atoms with E-state index in [-0.39, 0.29) is 0 Å². The van der Waals surface area contributed by atoms with Crippen molar-refractivity contribution in [2.45, 2.75) is 25.4 Å². The van der Waals surface area contributed by atoms with Crippen molar-refractivity contribution in [3.05, 3.63) is 71.4 Å². The maximum Gasteiger partial charge on any atom is 0.416 e. The smallest absolute Gasteiger partial charge is 0.289 e. The van der Waals surface area contributed by atoms with Gasteiger partial charge in [-0.15, -0.1) is 0 Å². The van der Waals surface area contributed by atoms with Crippen molar-refractivity contribution >= 4 is 11.3 Å². The molecule has 25 heavy (non-hydrogen) atoms. The Balaban J connectivity index is 1.80. The van der Waals surface area contributed by atoms with E-state index >= 15 is 0 Å². The van der Waals surface area contributed by atoms with Crippen LogP contribution in [0.25, 0.3) is 5.57 Å². The first-order chi connectivity index (χ1) is 12.1. The van der Waals surface area contributed by atoms with Crippen molar-refractivity contribution in [3.63, 3.8) is 0 Å². The van der Waals surface area contributed by atoms with Gasteiger partial charge in [-0.1, -0.05) is 36.4 Å². The van der Waals surface area contributed by atoms with Crippen LogP contribution in [0.5, 0.6) is 0 Å². The Kier molecular flexibility index (Phi) is 3.94. The van der Waals surface area contributed by atoms with Gasteiger partial charge in [0.1, 0.15) is 0 Å². The van der Waals surface area contributed by atoms with E-state index in [1.807, 2.05) is 30.3 Å². The lowest BCUT2D eigenvalue weighted by Gasteiger charge is -2.36. The minimum atomic E-state index is -4.34. The van der Waals surface area contributed by atoms with Gasteiger partial charge in [-0.25, -0.2) is 0 Å². The number of hydrogen-bond acceptors (Lipinski definition) is 2. The first-order valence-electron chi connectivity index (χ1n) is 8.54. The summed E-state index contributed by atoms with van der Waals surface area (Å²) in [6.07, 6.45) is -1.44. The molecule has 2 aliphatic heterocycles. The molecule has 0 spiro atoms. The van der Waals surface area contributed by atoms with E-state index < -0.39 is 11.7 Å². The largest absolute Gasteiger partial charge is 0.416 e. The molecular weight excluding hydrogens is 325 g/mol. The summed E-state index contributed by atoms with van der Waals surface area (Å²) in [4.78, 5) is 0. The van der Waals surface area contributed by atoms with Gasteiger partial charge in [0.15, 0.2) is 0 Å². The Hall–Kier alpha value is -2.43. The molecule has 1 fully saturated rings. The highest BCUT2D eigenvalue weighted by Crippen LogP contribution is 2.42. The summed E-state index contributed by atoms with van der Waals surface area (Å²) < 4.78 is 40.5. The second-order valence-corrected chi connectivity index (χ2v) is 6.44. The normalized spacial score (nSPS) is 17.9.